The van der Waals surface area contributed by atoms with Crippen molar-refractivity contribution in [3.8, 4) is 5.75 Å². The highest BCUT2D eigenvalue weighted by molar-refractivity contribution is 7.22. The summed E-state index contributed by atoms with van der Waals surface area (Å²) in [7, 11) is 4.48. The quantitative estimate of drug-likeness (QED) is 0.561. The number of ether oxygens (including phenoxy) is 1. The Labute approximate surface area is 161 Å². The van der Waals surface area contributed by atoms with Gasteiger partial charge in [0.15, 0.2) is 5.13 Å². The molecule has 0 radical (unpaired) electrons. The average molecular weight is 397 g/mol. The molecular formula is C18H15N5O4S. The van der Waals surface area contributed by atoms with Crippen LogP contribution in [0.2, 0.25) is 0 Å². The van der Waals surface area contributed by atoms with E-state index in [0.29, 0.717) is 10.9 Å². The van der Waals surface area contributed by atoms with Gasteiger partial charge in [-0.3, -0.25) is 24.0 Å². The van der Waals surface area contributed by atoms with Crippen LogP contribution in [0.3, 0.4) is 0 Å². The number of amides is 1. The maximum absolute atomic E-state index is 12.6. The standard InChI is InChI=1S/C18H15N5O4S/c1-22-14-11(16(25)23(2)18(22)26)6-9(8-19-14)15(24)21-17-20-12-5-4-10(27-3)7-13(12)28-17/h4-8H,1-3H3,(H,20,21,24). The third-order valence-electron chi connectivity index (χ3n) is 4.37. The molecule has 4 rings (SSSR count). The summed E-state index contributed by atoms with van der Waals surface area (Å²) in [5, 5.41) is 3.32. The summed E-state index contributed by atoms with van der Waals surface area (Å²) in [4.78, 5) is 45.5. The van der Waals surface area contributed by atoms with Gasteiger partial charge in [0, 0.05) is 20.3 Å². The zero-order valence-corrected chi connectivity index (χ0v) is 16.0. The molecule has 4 aromatic rings. The van der Waals surface area contributed by atoms with Gasteiger partial charge in [0.2, 0.25) is 0 Å². The van der Waals surface area contributed by atoms with Crippen LogP contribution in [0, 0.1) is 0 Å². The second-order valence-electron chi connectivity index (χ2n) is 6.11. The summed E-state index contributed by atoms with van der Waals surface area (Å²) in [5.74, 6) is 0.255. The van der Waals surface area contributed by atoms with E-state index in [9.17, 15) is 14.4 Å². The summed E-state index contributed by atoms with van der Waals surface area (Å²) in [6.07, 6.45) is 1.33. The molecule has 0 unspecified atom stereocenters. The highest BCUT2D eigenvalue weighted by atomic mass is 32.1. The van der Waals surface area contributed by atoms with Crippen molar-refractivity contribution >= 4 is 43.6 Å². The molecule has 28 heavy (non-hydrogen) atoms. The number of rotatable bonds is 3. The molecule has 0 saturated carbocycles. The molecule has 0 fully saturated rings. The molecule has 0 aliphatic heterocycles. The van der Waals surface area contributed by atoms with Crippen molar-refractivity contribution in [2.45, 2.75) is 0 Å². The number of aryl methyl sites for hydroxylation is 1. The summed E-state index contributed by atoms with van der Waals surface area (Å²) in [5.41, 5.74) is 0.165. The van der Waals surface area contributed by atoms with Crippen LogP contribution in [-0.4, -0.2) is 32.1 Å². The SMILES string of the molecule is COc1ccc2nc(NC(=O)c3cnc4c(c3)c(=O)n(C)c(=O)n4C)sc2c1. The molecule has 0 bridgehead atoms. The maximum atomic E-state index is 12.6. The van der Waals surface area contributed by atoms with Crippen LogP contribution in [0.1, 0.15) is 10.4 Å². The van der Waals surface area contributed by atoms with Crippen LogP contribution in [0.4, 0.5) is 5.13 Å². The normalized spacial score (nSPS) is 11.1. The molecule has 0 aliphatic rings. The molecule has 0 saturated heterocycles. The Bertz CT molecular complexity index is 1370. The highest BCUT2D eigenvalue weighted by Gasteiger charge is 2.15. The Morgan fingerprint density at radius 1 is 1.18 bits per heavy atom. The first-order valence-electron chi connectivity index (χ1n) is 8.20. The number of carbonyl (C=O) groups excluding carboxylic acids is 1. The number of carbonyl (C=O) groups is 1. The summed E-state index contributed by atoms with van der Waals surface area (Å²) in [6, 6.07) is 6.86. The summed E-state index contributed by atoms with van der Waals surface area (Å²) in [6.45, 7) is 0. The van der Waals surface area contributed by atoms with Crippen LogP contribution < -0.4 is 21.3 Å². The third-order valence-corrected chi connectivity index (χ3v) is 5.31. The van der Waals surface area contributed by atoms with Crippen molar-refractivity contribution in [2.75, 3.05) is 12.4 Å². The predicted molar refractivity (Wildman–Crippen MR) is 106 cm³/mol. The first-order valence-corrected chi connectivity index (χ1v) is 9.02. The van der Waals surface area contributed by atoms with Gasteiger partial charge in [0.25, 0.3) is 11.5 Å². The Morgan fingerprint density at radius 2 is 1.96 bits per heavy atom. The topological polar surface area (TPSA) is 108 Å². The van der Waals surface area contributed by atoms with E-state index >= 15 is 0 Å². The van der Waals surface area contributed by atoms with E-state index in [1.807, 2.05) is 12.1 Å². The number of aromatic nitrogens is 4. The molecule has 9 nitrogen and oxygen atoms in total. The van der Waals surface area contributed by atoms with Crippen LogP contribution >= 0.6 is 11.3 Å². The molecule has 1 N–H and O–H groups in total. The van der Waals surface area contributed by atoms with Crippen LogP contribution in [0.25, 0.3) is 21.3 Å². The first-order chi connectivity index (χ1) is 13.4. The Balaban J connectivity index is 1.71. The minimum absolute atomic E-state index is 0.186. The number of hydrogen-bond acceptors (Lipinski definition) is 7. The molecule has 1 aromatic carbocycles. The molecule has 142 valence electrons. The van der Waals surface area contributed by atoms with Gasteiger partial charge in [-0.15, -0.1) is 0 Å². The van der Waals surface area contributed by atoms with Gasteiger partial charge in [-0.25, -0.2) is 14.8 Å². The summed E-state index contributed by atoms with van der Waals surface area (Å²) < 4.78 is 8.30. The minimum Gasteiger partial charge on any atom is -0.497 e. The Kier molecular flexibility index (Phi) is 4.19. The van der Waals surface area contributed by atoms with Crippen molar-refractivity contribution < 1.29 is 9.53 Å². The molecule has 0 spiro atoms. The predicted octanol–water partition coefficient (Wildman–Crippen LogP) is 1.50. The van der Waals surface area contributed by atoms with Gasteiger partial charge in [-0.1, -0.05) is 11.3 Å². The van der Waals surface area contributed by atoms with E-state index < -0.39 is 17.2 Å². The van der Waals surface area contributed by atoms with Crippen molar-refractivity contribution in [2.24, 2.45) is 14.1 Å². The van der Waals surface area contributed by atoms with Crippen LogP contribution in [0.15, 0.2) is 40.1 Å². The van der Waals surface area contributed by atoms with Gasteiger partial charge >= 0.3 is 5.69 Å². The first kappa shape index (κ1) is 17.9. The molecule has 0 aliphatic carbocycles. The number of pyridine rings is 1. The van der Waals surface area contributed by atoms with Crippen molar-refractivity contribution in [1.29, 1.82) is 0 Å². The van der Waals surface area contributed by atoms with Crippen molar-refractivity contribution in [3.63, 3.8) is 0 Å². The van der Waals surface area contributed by atoms with Crippen LogP contribution in [-0.2, 0) is 14.1 Å². The minimum atomic E-state index is -0.507. The van der Waals surface area contributed by atoms with E-state index in [0.717, 1.165) is 14.8 Å². The number of benzene rings is 1. The lowest BCUT2D eigenvalue weighted by atomic mass is 10.2. The number of fused-ring (bicyclic) bond motifs is 2. The largest absolute Gasteiger partial charge is 0.497 e. The number of nitrogens with one attached hydrogen (secondary N) is 1. The number of nitrogens with zero attached hydrogens (tertiary/aromatic N) is 4. The Hall–Kier alpha value is -3.53. The van der Waals surface area contributed by atoms with E-state index in [1.165, 1.54) is 42.3 Å². The summed E-state index contributed by atoms with van der Waals surface area (Å²) >= 11 is 1.31. The number of anilines is 1. The second kappa shape index (κ2) is 6.57. The smallest absolute Gasteiger partial charge is 0.332 e. The maximum Gasteiger partial charge on any atom is 0.332 e. The van der Waals surface area contributed by atoms with Gasteiger partial charge in [-0.2, -0.15) is 0 Å². The second-order valence-corrected chi connectivity index (χ2v) is 7.14. The lowest BCUT2D eigenvalue weighted by Crippen LogP contribution is -2.37. The van der Waals surface area contributed by atoms with Gasteiger partial charge in [0.05, 0.1) is 28.3 Å². The fourth-order valence-electron chi connectivity index (χ4n) is 2.84. The molecule has 3 aromatic heterocycles. The Morgan fingerprint density at radius 3 is 2.71 bits per heavy atom. The van der Waals surface area contributed by atoms with Gasteiger partial charge < -0.3 is 4.74 Å². The molecule has 0 atom stereocenters. The van der Waals surface area contributed by atoms with Crippen molar-refractivity contribution in [1.82, 2.24) is 19.1 Å². The zero-order chi connectivity index (χ0) is 20.0. The molecule has 1 amide bonds. The lowest BCUT2D eigenvalue weighted by molar-refractivity contribution is 0.102. The number of methoxy groups -OCH3 is 1. The van der Waals surface area contributed by atoms with E-state index in [2.05, 4.69) is 15.3 Å². The fraction of sp³-hybridized carbons (Fsp3) is 0.167. The zero-order valence-electron chi connectivity index (χ0n) is 15.2. The monoisotopic (exact) mass is 397 g/mol. The molecular weight excluding hydrogens is 382 g/mol. The number of hydrogen-bond donors (Lipinski definition) is 1. The average Bonchev–Trinajstić information content (AvgIpc) is 3.11. The van der Waals surface area contributed by atoms with E-state index in [4.69, 9.17) is 4.74 Å². The molecule has 10 heteroatoms. The van der Waals surface area contributed by atoms with E-state index in [1.54, 1.807) is 13.2 Å². The fourth-order valence-corrected chi connectivity index (χ4v) is 3.73. The van der Waals surface area contributed by atoms with Crippen molar-refractivity contribution in [3.05, 3.63) is 56.9 Å². The lowest BCUT2D eigenvalue weighted by Gasteiger charge is -2.07. The van der Waals surface area contributed by atoms with Gasteiger partial charge in [0.1, 0.15) is 11.4 Å². The highest BCUT2D eigenvalue weighted by Crippen LogP contribution is 2.29. The number of thiazole rings is 1. The van der Waals surface area contributed by atoms with E-state index in [-0.39, 0.29) is 16.6 Å². The third kappa shape index (κ3) is 2.83. The molecule has 3 heterocycles. The van der Waals surface area contributed by atoms with Gasteiger partial charge in [-0.05, 0) is 24.3 Å². The van der Waals surface area contributed by atoms with Crippen LogP contribution in [0.5, 0.6) is 5.75 Å².